The number of fused-ring (bicyclic) bond motifs is 2. The quantitative estimate of drug-likeness (QED) is 0.238. The lowest BCUT2D eigenvalue weighted by molar-refractivity contribution is 0.0512. The third-order valence-corrected chi connectivity index (χ3v) is 7.19. The maximum absolute atomic E-state index is 14.0. The minimum absolute atomic E-state index is 0.000302. The average Bonchev–Trinajstić information content (AvgIpc) is 3.70. The van der Waals surface area contributed by atoms with Gasteiger partial charge in [0.05, 0.1) is 5.52 Å². The van der Waals surface area contributed by atoms with Crippen molar-refractivity contribution in [1.29, 1.82) is 0 Å². The number of nitrogens with zero attached hydrogens (tertiary/aromatic N) is 4. The summed E-state index contributed by atoms with van der Waals surface area (Å²) in [5, 5.41) is 25.0. The van der Waals surface area contributed by atoms with Crippen molar-refractivity contribution < 1.29 is 28.8 Å². The van der Waals surface area contributed by atoms with Gasteiger partial charge in [-0.1, -0.05) is 25.1 Å². The number of pyridine rings is 1. The van der Waals surface area contributed by atoms with Gasteiger partial charge in [-0.3, -0.25) is 4.79 Å². The van der Waals surface area contributed by atoms with Crippen molar-refractivity contribution in [3.63, 3.8) is 0 Å². The molecule has 0 unspecified atom stereocenters. The molecule has 0 spiro atoms. The third kappa shape index (κ3) is 5.03. The fraction of sp³-hybridized carbons (Fsp3) is 0.233. The number of aromatic nitrogens is 5. The highest BCUT2D eigenvalue weighted by Crippen LogP contribution is 2.36. The highest BCUT2D eigenvalue weighted by atomic mass is 16.7. The van der Waals surface area contributed by atoms with E-state index in [-0.39, 0.29) is 37.8 Å². The van der Waals surface area contributed by atoms with Crippen molar-refractivity contribution in [3.8, 4) is 28.6 Å². The zero-order chi connectivity index (χ0) is 29.2. The van der Waals surface area contributed by atoms with E-state index in [1.165, 1.54) is 7.11 Å². The number of aryl methyl sites for hydroxylation is 1. The SMILES string of the molecule is CCc1cc2c(cc1Cn1c(C(=O)O)c(Cc3cccc(-c4nn[nH]n4)c3)c(=O)c3cc(OCOC)ccc31)OCO2. The summed E-state index contributed by atoms with van der Waals surface area (Å²) in [7, 11) is 1.50. The molecule has 0 atom stereocenters. The van der Waals surface area contributed by atoms with Crippen LogP contribution in [0.1, 0.15) is 39.7 Å². The van der Waals surface area contributed by atoms with Gasteiger partial charge in [0.15, 0.2) is 23.7 Å². The van der Waals surface area contributed by atoms with Gasteiger partial charge in [-0.15, -0.1) is 10.2 Å². The summed E-state index contributed by atoms with van der Waals surface area (Å²) in [5.74, 6) is 0.857. The lowest BCUT2D eigenvalue weighted by Gasteiger charge is -2.20. The molecule has 2 aromatic heterocycles. The topological polar surface area (TPSA) is 151 Å². The van der Waals surface area contributed by atoms with E-state index in [0.29, 0.717) is 51.5 Å². The first kappa shape index (κ1) is 27.0. The van der Waals surface area contributed by atoms with E-state index in [0.717, 1.165) is 11.1 Å². The fourth-order valence-electron chi connectivity index (χ4n) is 5.26. The molecule has 1 aliphatic rings. The average molecular weight is 570 g/mol. The molecule has 42 heavy (non-hydrogen) atoms. The number of ether oxygens (including phenoxy) is 4. The van der Waals surface area contributed by atoms with Crippen molar-refractivity contribution in [2.45, 2.75) is 26.3 Å². The molecule has 0 saturated carbocycles. The molecule has 12 nitrogen and oxygen atoms in total. The van der Waals surface area contributed by atoms with Gasteiger partial charge in [0.2, 0.25) is 12.6 Å². The summed E-state index contributed by atoms with van der Waals surface area (Å²) in [4.78, 5) is 27.0. The Kier molecular flexibility index (Phi) is 7.28. The number of carboxylic acids is 1. The second-order valence-electron chi connectivity index (χ2n) is 9.72. The van der Waals surface area contributed by atoms with Crippen LogP contribution in [0.4, 0.5) is 0 Å². The molecule has 0 fully saturated rings. The Balaban J connectivity index is 1.55. The van der Waals surface area contributed by atoms with Crippen LogP contribution in [0, 0.1) is 0 Å². The van der Waals surface area contributed by atoms with E-state index in [9.17, 15) is 14.7 Å². The Morgan fingerprint density at radius 2 is 1.90 bits per heavy atom. The molecule has 2 N–H and O–H groups in total. The predicted molar refractivity (Wildman–Crippen MR) is 151 cm³/mol. The van der Waals surface area contributed by atoms with E-state index >= 15 is 0 Å². The lowest BCUT2D eigenvalue weighted by atomic mass is 9.97. The number of benzene rings is 3. The maximum atomic E-state index is 14.0. The van der Waals surface area contributed by atoms with Crippen molar-refractivity contribution in [2.75, 3.05) is 20.7 Å². The number of aromatic amines is 1. The molecule has 0 bridgehead atoms. The second kappa shape index (κ2) is 11.3. The molecule has 3 heterocycles. The van der Waals surface area contributed by atoms with Crippen LogP contribution < -0.4 is 19.6 Å². The number of carboxylic acid groups (broad SMARTS) is 1. The number of rotatable bonds is 10. The zero-order valence-corrected chi connectivity index (χ0v) is 22.9. The summed E-state index contributed by atoms with van der Waals surface area (Å²) in [5.41, 5.74) is 3.36. The lowest BCUT2D eigenvalue weighted by Crippen LogP contribution is -2.25. The van der Waals surface area contributed by atoms with Crippen molar-refractivity contribution >= 4 is 16.9 Å². The molecule has 0 aliphatic carbocycles. The summed E-state index contributed by atoms with van der Waals surface area (Å²) in [6, 6.07) is 16.1. The van der Waals surface area contributed by atoms with Crippen molar-refractivity contribution in [3.05, 3.63) is 92.8 Å². The molecular formula is C30H27N5O7. The van der Waals surface area contributed by atoms with E-state index in [1.54, 1.807) is 28.8 Å². The second-order valence-corrected chi connectivity index (χ2v) is 9.72. The van der Waals surface area contributed by atoms with Gasteiger partial charge in [-0.2, -0.15) is 5.21 Å². The number of nitrogens with one attached hydrogen (secondary N) is 1. The summed E-state index contributed by atoms with van der Waals surface area (Å²) < 4.78 is 23.5. The number of methoxy groups -OCH3 is 1. The van der Waals surface area contributed by atoms with E-state index in [1.807, 2.05) is 37.3 Å². The first-order valence-corrected chi connectivity index (χ1v) is 13.3. The Morgan fingerprint density at radius 3 is 2.62 bits per heavy atom. The van der Waals surface area contributed by atoms with Gasteiger partial charge in [-0.25, -0.2) is 4.79 Å². The smallest absolute Gasteiger partial charge is 0.352 e. The standard InChI is InChI=1S/C30H27N5O7/c1-3-18-11-25-26(42-16-41-25)12-20(18)14-35-24-8-7-21(40-15-39-2)13-22(24)28(36)23(27(35)30(37)38)10-17-5-4-6-19(9-17)29-31-33-34-32-29/h4-9,11-13H,3,10,14-16H2,1-2H3,(H,37,38)(H,31,32,33,34). The Hall–Kier alpha value is -5.23. The Morgan fingerprint density at radius 1 is 1.10 bits per heavy atom. The van der Waals surface area contributed by atoms with Crippen LogP contribution in [0.5, 0.6) is 17.2 Å². The van der Waals surface area contributed by atoms with E-state index in [4.69, 9.17) is 18.9 Å². The number of aromatic carboxylic acids is 1. The van der Waals surface area contributed by atoms with Gasteiger partial charge in [-0.05, 0) is 64.7 Å². The molecule has 6 rings (SSSR count). The third-order valence-electron chi connectivity index (χ3n) is 7.19. The predicted octanol–water partition coefficient (Wildman–Crippen LogP) is 3.79. The van der Waals surface area contributed by atoms with E-state index < -0.39 is 11.4 Å². The monoisotopic (exact) mass is 569 g/mol. The van der Waals surface area contributed by atoms with E-state index in [2.05, 4.69) is 20.6 Å². The largest absolute Gasteiger partial charge is 0.477 e. The van der Waals surface area contributed by atoms with Crippen LogP contribution in [-0.2, 0) is 24.1 Å². The Labute approximate surface area is 239 Å². The van der Waals surface area contributed by atoms with Gasteiger partial charge in [0.1, 0.15) is 11.4 Å². The van der Waals surface area contributed by atoms with Crippen LogP contribution in [-0.4, -0.2) is 57.0 Å². The number of tetrazole rings is 1. The summed E-state index contributed by atoms with van der Waals surface area (Å²) >= 11 is 0. The van der Waals surface area contributed by atoms with Crippen molar-refractivity contribution in [2.24, 2.45) is 0 Å². The number of H-pyrrole nitrogens is 1. The van der Waals surface area contributed by atoms with Gasteiger partial charge in [0.25, 0.3) is 0 Å². The van der Waals surface area contributed by atoms with Gasteiger partial charge < -0.3 is 28.6 Å². The molecule has 5 aromatic rings. The first-order valence-electron chi connectivity index (χ1n) is 13.3. The minimum Gasteiger partial charge on any atom is -0.477 e. The van der Waals surface area contributed by atoms with Gasteiger partial charge >= 0.3 is 5.97 Å². The molecule has 3 aromatic carbocycles. The van der Waals surface area contributed by atoms with Crippen LogP contribution in [0.2, 0.25) is 0 Å². The van der Waals surface area contributed by atoms with Crippen LogP contribution in [0.15, 0.2) is 59.4 Å². The molecule has 0 radical (unpaired) electrons. The molecule has 1 aliphatic heterocycles. The van der Waals surface area contributed by atoms with Crippen molar-refractivity contribution in [1.82, 2.24) is 25.2 Å². The molecule has 0 amide bonds. The zero-order valence-electron chi connectivity index (χ0n) is 22.9. The summed E-state index contributed by atoms with van der Waals surface area (Å²) in [6.45, 7) is 2.33. The highest BCUT2D eigenvalue weighted by Gasteiger charge is 2.25. The molecular weight excluding hydrogens is 542 g/mol. The highest BCUT2D eigenvalue weighted by molar-refractivity contribution is 5.93. The molecule has 0 saturated heterocycles. The number of hydrogen-bond acceptors (Lipinski definition) is 9. The van der Waals surface area contributed by atoms with Crippen LogP contribution >= 0.6 is 0 Å². The molecule has 12 heteroatoms. The Bertz CT molecular complexity index is 1850. The van der Waals surface area contributed by atoms with Crippen LogP contribution in [0.25, 0.3) is 22.3 Å². The summed E-state index contributed by atoms with van der Waals surface area (Å²) in [6.07, 6.45) is 0.754. The first-order chi connectivity index (χ1) is 20.5. The maximum Gasteiger partial charge on any atom is 0.352 e. The number of hydrogen-bond donors (Lipinski definition) is 2. The minimum atomic E-state index is -1.21. The fourth-order valence-corrected chi connectivity index (χ4v) is 5.26. The van der Waals surface area contributed by atoms with Crippen LogP contribution in [0.3, 0.4) is 0 Å². The van der Waals surface area contributed by atoms with Gasteiger partial charge in [0, 0.05) is 36.6 Å². The molecule has 214 valence electrons. The normalized spacial score (nSPS) is 12.1. The number of carbonyl (C=O) groups is 1.